The summed E-state index contributed by atoms with van der Waals surface area (Å²) in [7, 11) is 0. The normalized spacial score (nSPS) is 18.0. The number of hydrogen-bond acceptors (Lipinski definition) is 4. The molecule has 196 valence electrons. The van der Waals surface area contributed by atoms with Gasteiger partial charge in [0, 0.05) is 12.6 Å². The van der Waals surface area contributed by atoms with Crippen molar-refractivity contribution in [1.82, 2.24) is 4.90 Å². The predicted octanol–water partition coefficient (Wildman–Crippen LogP) is 7.41. The first kappa shape index (κ1) is 25.5. The van der Waals surface area contributed by atoms with Crippen LogP contribution in [0.5, 0.6) is 17.2 Å². The van der Waals surface area contributed by atoms with Gasteiger partial charge in [0.1, 0.15) is 25.6 Å². The Bertz CT molecular complexity index is 1260. The van der Waals surface area contributed by atoms with Crippen molar-refractivity contribution in [3.05, 3.63) is 76.9 Å². The van der Waals surface area contributed by atoms with Crippen molar-refractivity contribution < 1.29 is 27.4 Å². The number of piperidine rings is 1. The molecule has 0 radical (unpaired) electrons. The van der Waals surface area contributed by atoms with Gasteiger partial charge >= 0.3 is 6.18 Å². The lowest BCUT2D eigenvalue weighted by molar-refractivity contribution is -0.139. The third-order valence-electron chi connectivity index (χ3n) is 7.36. The molecule has 0 saturated carbocycles. The van der Waals surface area contributed by atoms with Crippen molar-refractivity contribution in [2.75, 3.05) is 19.8 Å². The third-order valence-corrected chi connectivity index (χ3v) is 7.36. The standard InChI is InChI=1S/C30H32F3NO3/c1-20-6-3-4-13-34(20)18-22-9-11-27(26(16-22)30(31,32)33)37-19-24-7-5-8-25(21(24)2)23-10-12-28-29(17-23)36-15-14-35-28/h5,7-12,16-17,20H,3-4,6,13-15,18-19H2,1-2H3/t20-/m1/s1. The second kappa shape index (κ2) is 10.7. The molecule has 1 saturated heterocycles. The molecule has 2 aliphatic rings. The molecule has 0 spiro atoms. The summed E-state index contributed by atoms with van der Waals surface area (Å²) in [6, 6.07) is 16.4. The van der Waals surface area contributed by atoms with Crippen molar-refractivity contribution >= 4 is 0 Å². The molecule has 7 heteroatoms. The van der Waals surface area contributed by atoms with Gasteiger partial charge in [0.2, 0.25) is 0 Å². The van der Waals surface area contributed by atoms with E-state index in [9.17, 15) is 13.2 Å². The van der Waals surface area contributed by atoms with Gasteiger partial charge in [-0.1, -0.05) is 36.8 Å². The first-order valence-electron chi connectivity index (χ1n) is 12.8. The number of fused-ring (bicyclic) bond motifs is 1. The third kappa shape index (κ3) is 5.72. The number of rotatable bonds is 6. The maximum atomic E-state index is 14.0. The number of alkyl halides is 3. The second-order valence-corrected chi connectivity index (χ2v) is 9.88. The van der Waals surface area contributed by atoms with E-state index in [0.717, 1.165) is 41.6 Å². The van der Waals surface area contributed by atoms with Crippen LogP contribution in [0.1, 0.15) is 48.4 Å². The van der Waals surface area contributed by atoms with Gasteiger partial charge < -0.3 is 14.2 Å². The van der Waals surface area contributed by atoms with Gasteiger partial charge in [-0.3, -0.25) is 4.90 Å². The largest absolute Gasteiger partial charge is 0.488 e. The van der Waals surface area contributed by atoms with Gasteiger partial charge in [0.05, 0.1) is 5.56 Å². The number of benzene rings is 3. The monoisotopic (exact) mass is 511 g/mol. The van der Waals surface area contributed by atoms with Crippen LogP contribution < -0.4 is 14.2 Å². The van der Waals surface area contributed by atoms with Crippen LogP contribution in [-0.2, 0) is 19.3 Å². The lowest BCUT2D eigenvalue weighted by atomic mass is 9.96. The van der Waals surface area contributed by atoms with Crippen LogP contribution >= 0.6 is 0 Å². The van der Waals surface area contributed by atoms with Crippen LogP contribution in [0.15, 0.2) is 54.6 Å². The minimum absolute atomic E-state index is 0.0375. The zero-order valence-electron chi connectivity index (χ0n) is 21.2. The molecule has 1 atom stereocenters. The highest BCUT2D eigenvalue weighted by Gasteiger charge is 2.35. The Hall–Kier alpha value is -3.19. The summed E-state index contributed by atoms with van der Waals surface area (Å²) >= 11 is 0. The second-order valence-electron chi connectivity index (χ2n) is 9.88. The van der Waals surface area contributed by atoms with E-state index < -0.39 is 11.7 Å². The Morgan fingerprint density at radius 3 is 2.57 bits per heavy atom. The number of hydrogen-bond donors (Lipinski definition) is 0. The fourth-order valence-corrected chi connectivity index (χ4v) is 5.17. The summed E-state index contributed by atoms with van der Waals surface area (Å²) in [5.74, 6) is 1.26. The van der Waals surface area contributed by atoms with Crippen LogP contribution in [-0.4, -0.2) is 30.7 Å². The molecule has 0 aromatic heterocycles. The molecule has 3 aromatic carbocycles. The smallest absolute Gasteiger partial charge is 0.419 e. The molecular formula is C30H32F3NO3. The van der Waals surface area contributed by atoms with Gasteiger partial charge in [-0.25, -0.2) is 0 Å². The summed E-state index contributed by atoms with van der Waals surface area (Å²) in [5, 5.41) is 0. The molecule has 1 fully saturated rings. The first-order chi connectivity index (χ1) is 17.8. The number of likely N-dealkylation sites (tertiary alicyclic amines) is 1. The summed E-state index contributed by atoms with van der Waals surface area (Å²) in [6.07, 6.45) is -1.16. The van der Waals surface area contributed by atoms with Crippen LogP contribution in [0.3, 0.4) is 0 Å². The van der Waals surface area contributed by atoms with E-state index in [1.165, 1.54) is 18.6 Å². The summed E-state index contributed by atoms with van der Waals surface area (Å²) in [6.45, 7) is 6.59. The minimum atomic E-state index is -4.50. The fourth-order valence-electron chi connectivity index (χ4n) is 5.17. The highest BCUT2D eigenvalue weighted by atomic mass is 19.4. The summed E-state index contributed by atoms with van der Waals surface area (Å²) in [5.41, 5.74) is 3.63. The topological polar surface area (TPSA) is 30.9 Å². The molecule has 0 bridgehead atoms. The number of halogens is 3. The van der Waals surface area contributed by atoms with E-state index in [2.05, 4.69) is 11.8 Å². The van der Waals surface area contributed by atoms with Crippen LogP contribution in [0.4, 0.5) is 13.2 Å². The average molecular weight is 512 g/mol. The number of nitrogens with zero attached hydrogens (tertiary/aromatic N) is 1. The maximum Gasteiger partial charge on any atom is 0.419 e. The van der Waals surface area contributed by atoms with E-state index in [1.807, 2.05) is 43.3 Å². The van der Waals surface area contributed by atoms with Crippen molar-refractivity contribution in [3.63, 3.8) is 0 Å². The van der Waals surface area contributed by atoms with E-state index >= 15 is 0 Å². The molecule has 37 heavy (non-hydrogen) atoms. The Balaban J connectivity index is 1.35. The van der Waals surface area contributed by atoms with E-state index in [-0.39, 0.29) is 12.4 Å². The molecule has 2 aliphatic heterocycles. The Morgan fingerprint density at radius 2 is 1.78 bits per heavy atom. The van der Waals surface area contributed by atoms with Crippen LogP contribution in [0.2, 0.25) is 0 Å². The van der Waals surface area contributed by atoms with Crippen LogP contribution in [0, 0.1) is 6.92 Å². The zero-order chi connectivity index (χ0) is 26.0. The lowest BCUT2D eigenvalue weighted by Crippen LogP contribution is -2.36. The molecule has 5 rings (SSSR count). The Kier molecular flexibility index (Phi) is 7.33. The van der Waals surface area contributed by atoms with Gasteiger partial charge in [-0.15, -0.1) is 0 Å². The molecule has 0 amide bonds. The molecule has 0 aliphatic carbocycles. The minimum Gasteiger partial charge on any atom is -0.488 e. The maximum absolute atomic E-state index is 14.0. The molecule has 0 unspecified atom stereocenters. The van der Waals surface area contributed by atoms with E-state index in [0.29, 0.717) is 42.9 Å². The van der Waals surface area contributed by atoms with Gasteiger partial charge in [-0.05, 0) is 85.3 Å². The quantitative estimate of drug-likeness (QED) is 0.345. The zero-order valence-corrected chi connectivity index (χ0v) is 21.2. The van der Waals surface area contributed by atoms with Crippen LogP contribution in [0.25, 0.3) is 11.1 Å². The van der Waals surface area contributed by atoms with Crippen molar-refractivity contribution in [3.8, 4) is 28.4 Å². The van der Waals surface area contributed by atoms with Gasteiger partial charge in [0.25, 0.3) is 0 Å². The predicted molar refractivity (Wildman–Crippen MR) is 137 cm³/mol. The molecular weight excluding hydrogens is 479 g/mol. The van der Waals surface area contributed by atoms with E-state index in [4.69, 9.17) is 14.2 Å². The van der Waals surface area contributed by atoms with Crippen molar-refractivity contribution in [1.29, 1.82) is 0 Å². The first-order valence-corrected chi connectivity index (χ1v) is 12.8. The van der Waals surface area contributed by atoms with Crippen molar-refractivity contribution in [2.24, 2.45) is 0 Å². The fraction of sp³-hybridized carbons (Fsp3) is 0.400. The molecule has 2 heterocycles. The van der Waals surface area contributed by atoms with E-state index in [1.54, 1.807) is 6.07 Å². The lowest BCUT2D eigenvalue weighted by Gasteiger charge is -2.33. The highest BCUT2D eigenvalue weighted by molar-refractivity contribution is 5.71. The average Bonchev–Trinajstić information content (AvgIpc) is 2.89. The Labute approximate surface area is 216 Å². The van der Waals surface area contributed by atoms with Gasteiger partial charge in [0.15, 0.2) is 11.5 Å². The Morgan fingerprint density at radius 1 is 0.973 bits per heavy atom. The highest BCUT2D eigenvalue weighted by Crippen LogP contribution is 2.39. The SMILES string of the molecule is Cc1c(COc2ccc(CN3CCCC[C@H]3C)cc2C(F)(F)F)cccc1-c1ccc2c(c1)OCCO2. The molecule has 3 aromatic rings. The number of ether oxygens (including phenoxy) is 3. The molecule has 4 nitrogen and oxygen atoms in total. The van der Waals surface area contributed by atoms with Crippen molar-refractivity contribution in [2.45, 2.75) is 58.5 Å². The summed E-state index contributed by atoms with van der Waals surface area (Å²) in [4.78, 5) is 2.26. The van der Waals surface area contributed by atoms with Gasteiger partial charge in [-0.2, -0.15) is 13.2 Å². The molecule has 0 N–H and O–H groups in total. The summed E-state index contributed by atoms with van der Waals surface area (Å²) < 4.78 is 59.1.